The summed E-state index contributed by atoms with van der Waals surface area (Å²) in [6.45, 7) is 2.73. The van der Waals surface area contributed by atoms with Crippen LogP contribution in [-0.2, 0) is 6.54 Å². The van der Waals surface area contributed by atoms with Gasteiger partial charge >= 0.3 is 0 Å². The Bertz CT molecular complexity index is 1040. The largest absolute Gasteiger partial charge is 0.298 e. The molecular weight excluding hydrogens is 334 g/mol. The number of fused-ring (bicyclic) bond motifs is 1. The van der Waals surface area contributed by atoms with Gasteiger partial charge in [0.15, 0.2) is 5.13 Å². The first-order valence-corrected chi connectivity index (χ1v) is 8.67. The predicted molar refractivity (Wildman–Crippen MR) is 97.9 cm³/mol. The Kier molecular flexibility index (Phi) is 3.99. The van der Waals surface area contributed by atoms with E-state index in [1.165, 1.54) is 22.5 Å². The van der Waals surface area contributed by atoms with Gasteiger partial charge in [0, 0.05) is 17.1 Å². The average molecular weight is 349 g/mol. The molecule has 0 aliphatic heterocycles. The first-order valence-electron chi connectivity index (χ1n) is 7.79. The molecule has 124 valence electrons. The highest BCUT2D eigenvalue weighted by Crippen LogP contribution is 2.18. The van der Waals surface area contributed by atoms with Gasteiger partial charge in [-0.05, 0) is 36.2 Å². The maximum Gasteiger partial charge on any atom is 0.257 e. The zero-order valence-corrected chi connectivity index (χ0v) is 14.3. The number of carbonyl (C=O) groups is 1. The average Bonchev–Trinajstić information content (AvgIpc) is 3.26. The molecule has 2 aromatic heterocycles. The van der Waals surface area contributed by atoms with Gasteiger partial charge in [-0.2, -0.15) is 0 Å². The molecule has 0 bridgehead atoms. The summed E-state index contributed by atoms with van der Waals surface area (Å²) in [7, 11) is 0. The van der Waals surface area contributed by atoms with Crippen molar-refractivity contribution in [1.29, 1.82) is 0 Å². The highest BCUT2D eigenvalue weighted by atomic mass is 32.1. The van der Waals surface area contributed by atoms with Crippen LogP contribution in [0, 0.1) is 6.92 Å². The molecule has 2 aromatic carbocycles. The third kappa shape index (κ3) is 3.14. The number of anilines is 1. The monoisotopic (exact) mass is 349 g/mol. The number of rotatable bonds is 4. The second kappa shape index (κ2) is 6.45. The minimum atomic E-state index is -0.203. The molecule has 0 fully saturated rings. The molecule has 0 saturated carbocycles. The second-order valence-electron chi connectivity index (χ2n) is 5.67. The van der Waals surface area contributed by atoms with E-state index in [0.717, 1.165) is 5.52 Å². The number of benzene rings is 2. The topological polar surface area (TPSA) is 72.7 Å². The number of hydrogen-bond acceptors (Lipinski definition) is 5. The Morgan fingerprint density at radius 1 is 1.24 bits per heavy atom. The van der Waals surface area contributed by atoms with E-state index >= 15 is 0 Å². The predicted octanol–water partition coefficient (Wildman–Crippen LogP) is 3.50. The molecule has 1 N–H and O–H groups in total. The molecule has 6 nitrogen and oxygen atoms in total. The summed E-state index contributed by atoms with van der Waals surface area (Å²) in [5.41, 5.74) is 4.53. The van der Waals surface area contributed by atoms with Crippen LogP contribution in [0.2, 0.25) is 0 Å². The standard InChI is InChI=1S/C18H15N5OS/c1-12-4-2-3-5-14(12)11-23-16-7-6-13(10-15(16)21-22-23)17(24)20-18-19-8-9-25-18/h2-10H,11H2,1H3,(H,19,20,24). The smallest absolute Gasteiger partial charge is 0.257 e. The van der Waals surface area contributed by atoms with Crippen LogP contribution < -0.4 is 5.32 Å². The summed E-state index contributed by atoms with van der Waals surface area (Å²) >= 11 is 1.38. The highest BCUT2D eigenvalue weighted by molar-refractivity contribution is 7.13. The minimum absolute atomic E-state index is 0.203. The first-order chi connectivity index (χ1) is 12.2. The Balaban J connectivity index is 1.60. The Morgan fingerprint density at radius 3 is 2.92 bits per heavy atom. The molecule has 2 heterocycles. The van der Waals surface area contributed by atoms with Gasteiger partial charge in [0.2, 0.25) is 0 Å². The van der Waals surface area contributed by atoms with E-state index in [1.807, 2.05) is 28.3 Å². The van der Waals surface area contributed by atoms with Crippen LogP contribution in [-0.4, -0.2) is 25.9 Å². The summed E-state index contributed by atoms with van der Waals surface area (Å²) < 4.78 is 1.85. The van der Waals surface area contributed by atoms with Gasteiger partial charge in [0.1, 0.15) is 5.52 Å². The van der Waals surface area contributed by atoms with E-state index in [0.29, 0.717) is 22.8 Å². The number of aryl methyl sites for hydroxylation is 1. The molecule has 1 amide bonds. The number of thiazole rings is 1. The van der Waals surface area contributed by atoms with Crippen LogP contribution >= 0.6 is 11.3 Å². The van der Waals surface area contributed by atoms with Crippen LogP contribution in [0.4, 0.5) is 5.13 Å². The Labute approximate surface area is 148 Å². The zero-order chi connectivity index (χ0) is 17.2. The molecule has 0 spiro atoms. The fourth-order valence-electron chi connectivity index (χ4n) is 2.63. The van der Waals surface area contributed by atoms with Crippen LogP contribution in [0.3, 0.4) is 0 Å². The lowest BCUT2D eigenvalue weighted by atomic mass is 10.1. The summed E-state index contributed by atoms with van der Waals surface area (Å²) in [4.78, 5) is 16.4. The molecule has 0 aliphatic carbocycles. The van der Waals surface area contributed by atoms with Crippen LogP contribution in [0.15, 0.2) is 54.0 Å². The molecule has 25 heavy (non-hydrogen) atoms. The number of amides is 1. The van der Waals surface area contributed by atoms with Crippen molar-refractivity contribution >= 4 is 33.4 Å². The zero-order valence-electron chi connectivity index (χ0n) is 13.5. The minimum Gasteiger partial charge on any atom is -0.298 e. The quantitative estimate of drug-likeness (QED) is 0.612. The summed E-state index contributed by atoms with van der Waals surface area (Å²) in [6.07, 6.45) is 1.65. The summed E-state index contributed by atoms with van der Waals surface area (Å²) in [6, 6.07) is 13.6. The lowest BCUT2D eigenvalue weighted by Crippen LogP contribution is -2.11. The van der Waals surface area contributed by atoms with Gasteiger partial charge < -0.3 is 0 Å². The van der Waals surface area contributed by atoms with Crippen molar-refractivity contribution in [1.82, 2.24) is 20.0 Å². The van der Waals surface area contributed by atoms with E-state index in [1.54, 1.807) is 18.3 Å². The van der Waals surface area contributed by atoms with Gasteiger partial charge in [0.25, 0.3) is 5.91 Å². The Hall–Kier alpha value is -3.06. The lowest BCUT2D eigenvalue weighted by Gasteiger charge is -2.06. The second-order valence-corrected chi connectivity index (χ2v) is 6.56. The number of nitrogens with one attached hydrogen (secondary N) is 1. The van der Waals surface area contributed by atoms with Gasteiger partial charge in [-0.3, -0.25) is 10.1 Å². The van der Waals surface area contributed by atoms with Crippen molar-refractivity contribution in [3.63, 3.8) is 0 Å². The number of nitrogens with zero attached hydrogens (tertiary/aromatic N) is 4. The highest BCUT2D eigenvalue weighted by Gasteiger charge is 2.12. The van der Waals surface area contributed by atoms with E-state index in [2.05, 4.69) is 39.7 Å². The Morgan fingerprint density at radius 2 is 2.12 bits per heavy atom. The fraction of sp³-hybridized carbons (Fsp3) is 0.111. The summed E-state index contributed by atoms with van der Waals surface area (Å²) in [5.74, 6) is -0.203. The third-order valence-electron chi connectivity index (χ3n) is 4.01. The van der Waals surface area contributed by atoms with E-state index in [-0.39, 0.29) is 5.91 Å². The van der Waals surface area contributed by atoms with Crippen LogP contribution in [0.25, 0.3) is 11.0 Å². The molecule has 0 saturated heterocycles. The van der Waals surface area contributed by atoms with Crippen molar-refractivity contribution in [2.75, 3.05) is 5.32 Å². The van der Waals surface area contributed by atoms with Crippen molar-refractivity contribution in [2.45, 2.75) is 13.5 Å². The van der Waals surface area contributed by atoms with E-state index < -0.39 is 0 Å². The van der Waals surface area contributed by atoms with Gasteiger partial charge in [-0.1, -0.05) is 29.5 Å². The molecule has 0 aliphatic rings. The molecule has 0 atom stereocenters. The van der Waals surface area contributed by atoms with Gasteiger partial charge in [-0.15, -0.1) is 16.4 Å². The van der Waals surface area contributed by atoms with Crippen LogP contribution in [0.1, 0.15) is 21.5 Å². The first kappa shape index (κ1) is 15.5. The SMILES string of the molecule is Cc1ccccc1Cn1nnc2cc(C(=O)Nc3nccs3)ccc21. The van der Waals surface area contributed by atoms with E-state index in [9.17, 15) is 4.79 Å². The molecular formula is C18H15N5OS. The van der Waals surface area contributed by atoms with Gasteiger partial charge in [0.05, 0.1) is 12.1 Å². The van der Waals surface area contributed by atoms with E-state index in [4.69, 9.17) is 0 Å². The van der Waals surface area contributed by atoms with Crippen LogP contribution in [0.5, 0.6) is 0 Å². The molecule has 4 aromatic rings. The van der Waals surface area contributed by atoms with Crippen molar-refractivity contribution in [3.8, 4) is 0 Å². The third-order valence-corrected chi connectivity index (χ3v) is 4.70. The van der Waals surface area contributed by atoms with Crippen molar-refractivity contribution < 1.29 is 4.79 Å². The number of hydrogen-bond donors (Lipinski definition) is 1. The normalized spacial score (nSPS) is 10.9. The number of carbonyl (C=O) groups excluding carboxylic acids is 1. The fourth-order valence-corrected chi connectivity index (χ4v) is 3.16. The molecule has 4 rings (SSSR count). The molecule has 7 heteroatoms. The molecule has 0 radical (unpaired) electrons. The van der Waals surface area contributed by atoms with Crippen molar-refractivity contribution in [2.24, 2.45) is 0 Å². The maximum absolute atomic E-state index is 12.3. The number of aromatic nitrogens is 4. The van der Waals surface area contributed by atoms with Crippen molar-refractivity contribution in [3.05, 3.63) is 70.7 Å². The lowest BCUT2D eigenvalue weighted by molar-refractivity contribution is 0.102. The maximum atomic E-state index is 12.3. The van der Waals surface area contributed by atoms with Gasteiger partial charge in [-0.25, -0.2) is 9.67 Å². The summed E-state index contributed by atoms with van der Waals surface area (Å²) in [5, 5.41) is 13.6. The molecule has 0 unspecified atom stereocenters.